The summed E-state index contributed by atoms with van der Waals surface area (Å²) >= 11 is 0. The van der Waals surface area contributed by atoms with Crippen molar-refractivity contribution in [3.8, 4) is 5.69 Å². The number of para-hydroxylation sites is 2. The molecule has 0 aliphatic rings. The Morgan fingerprint density at radius 1 is 1.04 bits per heavy atom. The van der Waals surface area contributed by atoms with Crippen LogP contribution < -0.4 is 10.2 Å². The molecule has 0 spiro atoms. The quantitative estimate of drug-likeness (QED) is 0.702. The Labute approximate surface area is 160 Å². The molecule has 27 heavy (non-hydrogen) atoms. The second-order valence-corrected chi connectivity index (χ2v) is 6.47. The summed E-state index contributed by atoms with van der Waals surface area (Å²) in [6.45, 7) is 1.83. The summed E-state index contributed by atoms with van der Waals surface area (Å²) in [5.74, 6) is 0. The van der Waals surface area contributed by atoms with Crippen LogP contribution in [0.4, 0.5) is 10.5 Å². The third kappa shape index (κ3) is 5.10. The molecule has 0 saturated heterocycles. The average molecular weight is 363 g/mol. The largest absolute Gasteiger partial charge is 0.373 e. The first kappa shape index (κ1) is 18.5. The van der Waals surface area contributed by atoms with Gasteiger partial charge in [-0.25, -0.2) is 9.48 Å². The highest BCUT2D eigenvalue weighted by Crippen LogP contribution is 2.10. The van der Waals surface area contributed by atoms with E-state index in [0.29, 0.717) is 13.1 Å². The van der Waals surface area contributed by atoms with Crippen molar-refractivity contribution in [1.29, 1.82) is 0 Å². The minimum absolute atomic E-state index is 0.0936. The number of hydrogen-bond donors (Lipinski definition) is 1. The summed E-state index contributed by atoms with van der Waals surface area (Å²) in [7, 11) is 3.80. The molecule has 0 fully saturated rings. The highest BCUT2D eigenvalue weighted by molar-refractivity contribution is 5.73. The number of aromatic nitrogens is 2. The maximum absolute atomic E-state index is 12.3. The van der Waals surface area contributed by atoms with Crippen LogP contribution in [0.25, 0.3) is 5.69 Å². The van der Waals surface area contributed by atoms with Gasteiger partial charge in [-0.05, 0) is 24.3 Å². The smallest absolute Gasteiger partial charge is 0.317 e. The fraction of sp³-hybridized carbons (Fsp3) is 0.238. The number of nitrogens with one attached hydrogen (secondary N) is 1. The van der Waals surface area contributed by atoms with Crippen LogP contribution in [-0.2, 0) is 6.54 Å². The molecule has 0 saturated carbocycles. The lowest BCUT2D eigenvalue weighted by atomic mass is 10.3. The zero-order chi connectivity index (χ0) is 19.1. The third-order valence-electron chi connectivity index (χ3n) is 4.34. The van der Waals surface area contributed by atoms with E-state index in [0.717, 1.165) is 23.5 Å². The van der Waals surface area contributed by atoms with Gasteiger partial charge in [0, 0.05) is 44.6 Å². The molecule has 2 amide bonds. The van der Waals surface area contributed by atoms with Crippen LogP contribution in [0.5, 0.6) is 0 Å². The van der Waals surface area contributed by atoms with Gasteiger partial charge in [-0.15, -0.1) is 0 Å². The summed E-state index contributed by atoms with van der Waals surface area (Å²) in [5.41, 5.74) is 3.12. The first-order chi connectivity index (χ1) is 13.1. The number of anilines is 1. The average Bonchev–Trinajstić information content (AvgIpc) is 3.17. The van der Waals surface area contributed by atoms with E-state index in [2.05, 4.69) is 27.4 Å². The predicted molar refractivity (Wildman–Crippen MR) is 108 cm³/mol. The van der Waals surface area contributed by atoms with E-state index < -0.39 is 0 Å². The molecule has 1 heterocycles. The van der Waals surface area contributed by atoms with Crippen molar-refractivity contribution in [2.45, 2.75) is 6.54 Å². The summed E-state index contributed by atoms with van der Waals surface area (Å²) in [6, 6.07) is 19.9. The monoisotopic (exact) mass is 363 g/mol. The van der Waals surface area contributed by atoms with E-state index in [1.807, 2.05) is 66.5 Å². The molecule has 2 aromatic carbocycles. The van der Waals surface area contributed by atoms with Gasteiger partial charge in [-0.3, -0.25) is 0 Å². The van der Waals surface area contributed by atoms with Crippen LogP contribution in [-0.4, -0.2) is 47.9 Å². The molecule has 0 unspecified atom stereocenters. The standard InChI is InChI=1S/C21H25N5O/c1-24(19-9-5-3-6-10-19)14-13-22-21(27)25(2)16-18-15-23-26(17-18)20-11-7-4-8-12-20/h3-12,15,17H,13-14,16H2,1-2H3,(H,22,27). The lowest BCUT2D eigenvalue weighted by molar-refractivity contribution is 0.207. The van der Waals surface area contributed by atoms with Gasteiger partial charge in [0.25, 0.3) is 0 Å². The van der Waals surface area contributed by atoms with E-state index in [1.54, 1.807) is 18.1 Å². The van der Waals surface area contributed by atoms with Crippen molar-refractivity contribution in [3.63, 3.8) is 0 Å². The molecule has 1 aromatic heterocycles. The Balaban J connectivity index is 1.46. The Morgan fingerprint density at radius 3 is 2.41 bits per heavy atom. The molecular formula is C21H25N5O. The Hall–Kier alpha value is -3.28. The van der Waals surface area contributed by atoms with Gasteiger partial charge in [-0.2, -0.15) is 5.10 Å². The van der Waals surface area contributed by atoms with Gasteiger partial charge >= 0.3 is 6.03 Å². The maximum Gasteiger partial charge on any atom is 0.317 e. The number of amides is 2. The van der Waals surface area contributed by atoms with Crippen LogP contribution >= 0.6 is 0 Å². The van der Waals surface area contributed by atoms with Crippen molar-refractivity contribution in [2.24, 2.45) is 0 Å². The summed E-state index contributed by atoms with van der Waals surface area (Å²) in [5, 5.41) is 7.33. The van der Waals surface area contributed by atoms with Gasteiger partial charge in [0.15, 0.2) is 0 Å². The first-order valence-corrected chi connectivity index (χ1v) is 8.97. The van der Waals surface area contributed by atoms with Crippen molar-refractivity contribution < 1.29 is 4.79 Å². The van der Waals surface area contributed by atoms with Crippen molar-refractivity contribution >= 4 is 11.7 Å². The Kier molecular flexibility index (Phi) is 6.10. The molecule has 3 aromatic rings. The zero-order valence-electron chi connectivity index (χ0n) is 15.7. The summed E-state index contributed by atoms with van der Waals surface area (Å²) in [4.78, 5) is 16.1. The van der Waals surface area contributed by atoms with Gasteiger partial charge < -0.3 is 15.1 Å². The maximum atomic E-state index is 12.3. The molecule has 0 aliphatic heterocycles. The zero-order valence-corrected chi connectivity index (χ0v) is 15.7. The van der Waals surface area contributed by atoms with E-state index in [9.17, 15) is 4.79 Å². The third-order valence-corrected chi connectivity index (χ3v) is 4.34. The van der Waals surface area contributed by atoms with E-state index in [1.165, 1.54) is 0 Å². The first-order valence-electron chi connectivity index (χ1n) is 8.97. The summed E-state index contributed by atoms with van der Waals surface area (Å²) in [6.07, 6.45) is 3.74. The number of likely N-dealkylation sites (N-methyl/N-ethyl adjacent to an activating group) is 1. The van der Waals surface area contributed by atoms with E-state index in [4.69, 9.17) is 0 Å². The lowest BCUT2D eigenvalue weighted by Crippen LogP contribution is -2.40. The minimum Gasteiger partial charge on any atom is -0.373 e. The SMILES string of the molecule is CN(Cc1cnn(-c2ccccc2)c1)C(=O)NCCN(C)c1ccccc1. The van der Waals surface area contributed by atoms with Crippen molar-refractivity contribution in [1.82, 2.24) is 20.0 Å². The Bertz CT molecular complexity index is 847. The number of carbonyl (C=O) groups excluding carboxylic acids is 1. The Morgan fingerprint density at radius 2 is 1.70 bits per heavy atom. The van der Waals surface area contributed by atoms with Crippen LogP contribution in [0.2, 0.25) is 0 Å². The number of hydrogen-bond acceptors (Lipinski definition) is 3. The van der Waals surface area contributed by atoms with Gasteiger partial charge in [-0.1, -0.05) is 36.4 Å². The minimum atomic E-state index is -0.0936. The molecular weight excluding hydrogens is 338 g/mol. The fourth-order valence-electron chi connectivity index (χ4n) is 2.79. The number of rotatable bonds is 7. The van der Waals surface area contributed by atoms with Crippen LogP contribution in [0.15, 0.2) is 73.1 Å². The van der Waals surface area contributed by atoms with E-state index >= 15 is 0 Å². The molecule has 0 radical (unpaired) electrons. The molecule has 6 nitrogen and oxygen atoms in total. The molecule has 0 aliphatic carbocycles. The molecule has 140 valence electrons. The predicted octanol–water partition coefficient (Wildman–Crippen LogP) is 3.15. The van der Waals surface area contributed by atoms with Crippen LogP contribution in [0, 0.1) is 0 Å². The number of nitrogens with zero attached hydrogens (tertiary/aromatic N) is 4. The molecule has 0 bridgehead atoms. The highest BCUT2D eigenvalue weighted by Gasteiger charge is 2.10. The lowest BCUT2D eigenvalue weighted by Gasteiger charge is -2.21. The van der Waals surface area contributed by atoms with Crippen molar-refractivity contribution in [2.75, 3.05) is 32.1 Å². The molecule has 3 rings (SSSR count). The summed E-state index contributed by atoms with van der Waals surface area (Å²) < 4.78 is 1.82. The second kappa shape index (κ2) is 8.89. The number of carbonyl (C=O) groups is 1. The molecule has 0 atom stereocenters. The fourth-order valence-corrected chi connectivity index (χ4v) is 2.79. The second-order valence-electron chi connectivity index (χ2n) is 6.47. The molecule has 1 N–H and O–H groups in total. The van der Waals surface area contributed by atoms with Gasteiger partial charge in [0.2, 0.25) is 0 Å². The van der Waals surface area contributed by atoms with Gasteiger partial charge in [0.05, 0.1) is 18.4 Å². The molecule has 6 heteroatoms. The number of urea groups is 1. The van der Waals surface area contributed by atoms with Crippen molar-refractivity contribution in [3.05, 3.63) is 78.6 Å². The normalized spacial score (nSPS) is 10.4. The van der Waals surface area contributed by atoms with Crippen LogP contribution in [0.1, 0.15) is 5.56 Å². The number of benzene rings is 2. The van der Waals surface area contributed by atoms with Gasteiger partial charge in [0.1, 0.15) is 0 Å². The van der Waals surface area contributed by atoms with Crippen LogP contribution in [0.3, 0.4) is 0 Å². The topological polar surface area (TPSA) is 53.4 Å². The highest BCUT2D eigenvalue weighted by atomic mass is 16.2. The van der Waals surface area contributed by atoms with E-state index in [-0.39, 0.29) is 6.03 Å².